The first-order valence-corrected chi connectivity index (χ1v) is 8.93. The first-order chi connectivity index (χ1) is 10.5. The average molecular weight is 322 g/mol. The second-order valence-corrected chi connectivity index (χ2v) is 7.80. The minimum Gasteiger partial charge on any atom is -0.497 e. The maximum absolute atomic E-state index is 12.1. The highest BCUT2D eigenvalue weighted by atomic mass is 32.2. The molecule has 1 aromatic heterocycles. The number of methoxy groups -OCH3 is 1. The summed E-state index contributed by atoms with van der Waals surface area (Å²) in [6, 6.07) is 5.37. The quantitative estimate of drug-likeness (QED) is 0.880. The summed E-state index contributed by atoms with van der Waals surface area (Å²) in [4.78, 5) is 15.2. The predicted molar refractivity (Wildman–Crippen MR) is 83.8 cm³/mol. The van der Waals surface area contributed by atoms with Crippen molar-refractivity contribution in [3.8, 4) is 5.75 Å². The third-order valence-corrected chi connectivity index (χ3v) is 5.69. The van der Waals surface area contributed by atoms with Crippen LogP contribution >= 0.6 is 0 Å². The Bertz CT molecular complexity index is 810. The smallest absolute Gasteiger partial charge is 0.224 e. The topological polar surface area (TPSA) is 88.3 Å². The zero-order valence-corrected chi connectivity index (χ0v) is 13.1. The van der Waals surface area contributed by atoms with E-state index in [-0.39, 0.29) is 29.9 Å². The lowest BCUT2D eigenvalue weighted by Gasteiger charge is -2.10. The van der Waals surface area contributed by atoms with Gasteiger partial charge in [-0.15, -0.1) is 0 Å². The zero-order valence-electron chi connectivity index (χ0n) is 12.3. The Morgan fingerprint density at radius 1 is 1.45 bits per heavy atom. The van der Waals surface area contributed by atoms with E-state index in [9.17, 15) is 13.2 Å². The number of sulfone groups is 1. The van der Waals surface area contributed by atoms with Gasteiger partial charge >= 0.3 is 0 Å². The Kier molecular flexibility index (Phi) is 3.82. The minimum absolute atomic E-state index is 0.0421. The standard InChI is InChI=1S/C15H18N2O4S/c1-21-12-2-3-14-13(7-12)10(8-16-14)6-15(18)17-11-4-5-22(19,20)9-11/h2-3,7-8,11,16H,4-6,9H2,1H3,(H,17,18). The Balaban J connectivity index is 1.71. The van der Waals surface area contributed by atoms with Crippen LogP contribution in [0.15, 0.2) is 24.4 Å². The lowest BCUT2D eigenvalue weighted by molar-refractivity contribution is -0.120. The highest BCUT2D eigenvalue weighted by Crippen LogP contribution is 2.24. The van der Waals surface area contributed by atoms with Crippen molar-refractivity contribution in [2.75, 3.05) is 18.6 Å². The lowest BCUT2D eigenvalue weighted by atomic mass is 10.1. The van der Waals surface area contributed by atoms with Gasteiger partial charge in [0.05, 0.1) is 25.0 Å². The van der Waals surface area contributed by atoms with E-state index in [0.717, 1.165) is 22.2 Å². The van der Waals surface area contributed by atoms with E-state index >= 15 is 0 Å². The molecule has 118 valence electrons. The number of carbonyl (C=O) groups excluding carboxylic acids is 1. The van der Waals surface area contributed by atoms with Gasteiger partial charge in [-0.3, -0.25) is 4.79 Å². The molecule has 2 heterocycles. The number of aromatic nitrogens is 1. The van der Waals surface area contributed by atoms with Gasteiger partial charge in [-0.1, -0.05) is 0 Å². The second kappa shape index (κ2) is 5.64. The number of carbonyl (C=O) groups is 1. The highest BCUT2D eigenvalue weighted by Gasteiger charge is 2.28. The summed E-state index contributed by atoms with van der Waals surface area (Å²) in [5.41, 5.74) is 1.80. The van der Waals surface area contributed by atoms with Crippen LogP contribution in [0, 0.1) is 0 Å². The molecule has 1 atom stereocenters. The molecule has 1 aromatic carbocycles. The summed E-state index contributed by atoms with van der Waals surface area (Å²) < 4.78 is 28.0. The third-order valence-electron chi connectivity index (χ3n) is 3.92. The molecule has 1 fully saturated rings. The fourth-order valence-electron chi connectivity index (χ4n) is 2.79. The van der Waals surface area contributed by atoms with Gasteiger partial charge < -0.3 is 15.0 Å². The number of amides is 1. The minimum atomic E-state index is -2.98. The fraction of sp³-hybridized carbons (Fsp3) is 0.400. The molecular formula is C15H18N2O4S. The maximum atomic E-state index is 12.1. The van der Waals surface area contributed by atoms with Gasteiger partial charge in [0.2, 0.25) is 5.91 Å². The Labute approximate surface area is 128 Å². The van der Waals surface area contributed by atoms with Gasteiger partial charge in [-0.2, -0.15) is 0 Å². The number of benzene rings is 1. The van der Waals surface area contributed by atoms with Gasteiger partial charge in [-0.25, -0.2) is 8.42 Å². The molecule has 0 saturated carbocycles. The molecule has 0 bridgehead atoms. The number of ether oxygens (including phenoxy) is 1. The fourth-order valence-corrected chi connectivity index (χ4v) is 4.46. The zero-order chi connectivity index (χ0) is 15.7. The molecule has 0 radical (unpaired) electrons. The van der Waals surface area contributed by atoms with E-state index in [0.29, 0.717) is 6.42 Å². The SMILES string of the molecule is COc1ccc2[nH]cc(CC(=O)NC3CCS(=O)(=O)C3)c2c1. The number of H-pyrrole nitrogens is 1. The van der Waals surface area contributed by atoms with Crippen LogP contribution in [0.2, 0.25) is 0 Å². The molecule has 1 aliphatic heterocycles. The molecule has 2 aromatic rings. The molecule has 1 amide bonds. The number of fused-ring (bicyclic) bond motifs is 1. The first kappa shape index (κ1) is 14.9. The molecule has 7 heteroatoms. The number of rotatable bonds is 4. The summed E-state index contributed by atoms with van der Waals surface area (Å²) in [7, 11) is -1.39. The van der Waals surface area contributed by atoms with Gasteiger partial charge in [-0.05, 0) is 30.2 Å². The van der Waals surface area contributed by atoms with E-state index in [1.807, 2.05) is 18.2 Å². The highest BCUT2D eigenvalue weighted by molar-refractivity contribution is 7.91. The van der Waals surface area contributed by atoms with E-state index in [2.05, 4.69) is 10.3 Å². The molecule has 1 saturated heterocycles. The molecular weight excluding hydrogens is 304 g/mol. The Hall–Kier alpha value is -2.02. The normalized spacial score (nSPS) is 20.1. The van der Waals surface area contributed by atoms with Crippen LogP contribution in [0.4, 0.5) is 0 Å². The van der Waals surface area contributed by atoms with E-state index in [4.69, 9.17) is 4.74 Å². The molecule has 1 aliphatic rings. The van der Waals surface area contributed by atoms with Gasteiger partial charge in [0.25, 0.3) is 0 Å². The van der Waals surface area contributed by atoms with Crippen LogP contribution in [-0.4, -0.2) is 44.0 Å². The predicted octanol–water partition coefficient (Wildman–Crippen LogP) is 1.02. The van der Waals surface area contributed by atoms with Crippen LogP contribution in [0.5, 0.6) is 5.75 Å². The van der Waals surface area contributed by atoms with Gasteiger partial charge in [0.1, 0.15) is 5.75 Å². The van der Waals surface area contributed by atoms with Crippen molar-refractivity contribution >= 4 is 26.6 Å². The van der Waals surface area contributed by atoms with E-state index in [1.165, 1.54) is 0 Å². The van der Waals surface area contributed by atoms with Crippen LogP contribution < -0.4 is 10.1 Å². The largest absolute Gasteiger partial charge is 0.497 e. The molecule has 2 N–H and O–H groups in total. The molecule has 0 spiro atoms. The molecule has 22 heavy (non-hydrogen) atoms. The van der Waals surface area contributed by atoms with Crippen molar-refractivity contribution in [1.82, 2.24) is 10.3 Å². The summed E-state index contributed by atoms with van der Waals surface area (Å²) in [5, 5.41) is 3.74. The van der Waals surface area contributed by atoms with Crippen molar-refractivity contribution in [1.29, 1.82) is 0 Å². The number of nitrogens with one attached hydrogen (secondary N) is 2. The number of hydrogen-bond acceptors (Lipinski definition) is 4. The van der Waals surface area contributed by atoms with E-state index < -0.39 is 9.84 Å². The van der Waals surface area contributed by atoms with Crippen LogP contribution in [-0.2, 0) is 21.1 Å². The molecule has 6 nitrogen and oxygen atoms in total. The van der Waals surface area contributed by atoms with Crippen LogP contribution in [0.25, 0.3) is 10.9 Å². The Morgan fingerprint density at radius 2 is 2.27 bits per heavy atom. The third kappa shape index (κ3) is 3.09. The summed E-state index contributed by atoms with van der Waals surface area (Å²) in [6.07, 6.45) is 2.51. The molecule has 1 unspecified atom stereocenters. The summed E-state index contributed by atoms with van der Waals surface area (Å²) in [5.74, 6) is 0.768. The van der Waals surface area contributed by atoms with Crippen molar-refractivity contribution in [2.45, 2.75) is 18.9 Å². The average Bonchev–Trinajstić information content (AvgIpc) is 3.02. The first-order valence-electron chi connectivity index (χ1n) is 7.10. The van der Waals surface area contributed by atoms with Crippen LogP contribution in [0.3, 0.4) is 0 Å². The molecule has 0 aliphatic carbocycles. The van der Waals surface area contributed by atoms with Gasteiger partial charge in [0, 0.05) is 23.1 Å². The van der Waals surface area contributed by atoms with Crippen molar-refractivity contribution in [3.05, 3.63) is 30.0 Å². The summed E-state index contributed by atoms with van der Waals surface area (Å²) >= 11 is 0. The molecule has 3 rings (SSSR count). The lowest BCUT2D eigenvalue weighted by Crippen LogP contribution is -2.36. The van der Waals surface area contributed by atoms with Crippen molar-refractivity contribution in [2.24, 2.45) is 0 Å². The monoisotopic (exact) mass is 322 g/mol. The maximum Gasteiger partial charge on any atom is 0.224 e. The second-order valence-electron chi connectivity index (χ2n) is 5.57. The van der Waals surface area contributed by atoms with Crippen LogP contribution in [0.1, 0.15) is 12.0 Å². The van der Waals surface area contributed by atoms with Gasteiger partial charge in [0.15, 0.2) is 9.84 Å². The van der Waals surface area contributed by atoms with E-state index in [1.54, 1.807) is 13.3 Å². The number of aromatic amines is 1. The van der Waals surface area contributed by atoms with Crippen molar-refractivity contribution in [3.63, 3.8) is 0 Å². The number of hydrogen-bond donors (Lipinski definition) is 2. The van der Waals surface area contributed by atoms with Crippen molar-refractivity contribution < 1.29 is 17.9 Å². The Morgan fingerprint density at radius 3 is 2.95 bits per heavy atom. The summed E-state index contributed by atoms with van der Waals surface area (Å²) in [6.45, 7) is 0.